The summed E-state index contributed by atoms with van der Waals surface area (Å²) in [6.07, 6.45) is 0. The third-order valence-electron chi connectivity index (χ3n) is 3.55. The van der Waals surface area contributed by atoms with Crippen LogP contribution in [0.15, 0.2) is 22.6 Å². The van der Waals surface area contributed by atoms with Gasteiger partial charge in [0.05, 0.1) is 6.04 Å². The summed E-state index contributed by atoms with van der Waals surface area (Å²) in [5.74, 6) is 2.22. The molecule has 0 aliphatic rings. The molecule has 0 saturated heterocycles. The monoisotopic (exact) mass is 259 g/mol. The van der Waals surface area contributed by atoms with Crippen LogP contribution in [0.5, 0.6) is 5.75 Å². The zero-order valence-electron chi connectivity index (χ0n) is 12.2. The van der Waals surface area contributed by atoms with Crippen LogP contribution in [0.1, 0.15) is 41.2 Å². The van der Waals surface area contributed by atoms with Crippen molar-refractivity contribution >= 4 is 5.69 Å². The zero-order chi connectivity index (χ0) is 14.2. The van der Waals surface area contributed by atoms with Crippen molar-refractivity contribution in [2.24, 2.45) is 0 Å². The van der Waals surface area contributed by atoms with Gasteiger partial charge in [0.15, 0.2) is 0 Å². The van der Waals surface area contributed by atoms with E-state index in [0.717, 1.165) is 33.9 Å². The minimum atomic E-state index is 0.137. The number of phenolic OH excluding ortho intramolecular Hbond substituents is 1. The van der Waals surface area contributed by atoms with Gasteiger partial charge in [-0.25, -0.2) is 0 Å². The van der Waals surface area contributed by atoms with E-state index in [2.05, 4.69) is 18.3 Å². The average Bonchev–Trinajstić information content (AvgIpc) is 2.69. The number of hydrogen-bond donors (Lipinski definition) is 2. The first-order chi connectivity index (χ1) is 8.90. The largest absolute Gasteiger partial charge is 0.507 e. The second-order valence-electron chi connectivity index (χ2n) is 5.14. The van der Waals surface area contributed by atoms with Crippen molar-refractivity contribution < 1.29 is 9.52 Å². The van der Waals surface area contributed by atoms with Gasteiger partial charge in [-0.2, -0.15) is 0 Å². The molecular weight excluding hydrogens is 238 g/mol. The maximum absolute atomic E-state index is 9.97. The van der Waals surface area contributed by atoms with Gasteiger partial charge in [-0.05, 0) is 52.3 Å². The fourth-order valence-electron chi connectivity index (χ4n) is 2.38. The van der Waals surface area contributed by atoms with Gasteiger partial charge in [0.25, 0.3) is 0 Å². The number of nitrogens with one attached hydrogen (secondary N) is 1. The maximum Gasteiger partial charge on any atom is 0.123 e. The molecule has 1 aromatic carbocycles. The van der Waals surface area contributed by atoms with Gasteiger partial charge in [-0.1, -0.05) is 6.07 Å². The topological polar surface area (TPSA) is 45.4 Å². The quantitative estimate of drug-likeness (QED) is 0.859. The minimum Gasteiger partial charge on any atom is -0.507 e. The average molecular weight is 259 g/mol. The summed E-state index contributed by atoms with van der Waals surface area (Å²) in [6, 6.07) is 6.11. The van der Waals surface area contributed by atoms with Crippen molar-refractivity contribution in [3.05, 3.63) is 46.4 Å². The van der Waals surface area contributed by atoms with Crippen LogP contribution in [0, 0.1) is 27.7 Å². The lowest BCUT2D eigenvalue weighted by Crippen LogP contribution is -2.08. The Morgan fingerprint density at radius 3 is 2.42 bits per heavy atom. The molecule has 1 unspecified atom stereocenters. The minimum absolute atomic E-state index is 0.137. The summed E-state index contributed by atoms with van der Waals surface area (Å²) in [5, 5.41) is 13.4. The highest BCUT2D eigenvalue weighted by Crippen LogP contribution is 2.31. The number of phenols is 1. The van der Waals surface area contributed by atoms with Gasteiger partial charge in [0.2, 0.25) is 0 Å². The van der Waals surface area contributed by atoms with Crippen LogP contribution >= 0.6 is 0 Å². The normalized spacial score (nSPS) is 12.5. The van der Waals surface area contributed by atoms with E-state index < -0.39 is 0 Å². The molecule has 2 aromatic rings. The Kier molecular flexibility index (Phi) is 3.56. The molecule has 1 heterocycles. The van der Waals surface area contributed by atoms with Crippen molar-refractivity contribution in [2.45, 2.75) is 40.7 Å². The lowest BCUT2D eigenvalue weighted by Gasteiger charge is -2.18. The van der Waals surface area contributed by atoms with Crippen molar-refractivity contribution in [3.63, 3.8) is 0 Å². The van der Waals surface area contributed by atoms with Gasteiger partial charge in [-0.15, -0.1) is 0 Å². The number of hydrogen-bond acceptors (Lipinski definition) is 3. The highest BCUT2D eigenvalue weighted by molar-refractivity contribution is 5.60. The van der Waals surface area contributed by atoms with Crippen molar-refractivity contribution in [3.8, 4) is 5.75 Å². The second kappa shape index (κ2) is 5.00. The standard InChI is InChI=1S/C16H21NO2/c1-9-6-7-15(11(3)16(9)18)17-12(4)14-8-10(2)19-13(14)5/h6-8,12,17-18H,1-5H3. The molecule has 1 atom stereocenters. The van der Waals surface area contributed by atoms with Gasteiger partial charge >= 0.3 is 0 Å². The lowest BCUT2D eigenvalue weighted by atomic mass is 10.1. The molecule has 0 amide bonds. The predicted octanol–water partition coefficient (Wildman–Crippen LogP) is 4.39. The van der Waals surface area contributed by atoms with Crippen molar-refractivity contribution in [1.82, 2.24) is 0 Å². The molecule has 2 rings (SSSR count). The molecule has 2 N–H and O–H groups in total. The Balaban J connectivity index is 2.27. The Bertz CT molecular complexity index is 599. The molecular formula is C16H21NO2. The van der Waals surface area contributed by atoms with E-state index >= 15 is 0 Å². The number of anilines is 1. The fourth-order valence-corrected chi connectivity index (χ4v) is 2.38. The summed E-state index contributed by atoms with van der Waals surface area (Å²) in [4.78, 5) is 0. The van der Waals surface area contributed by atoms with Crippen LogP contribution in [-0.4, -0.2) is 5.11 Å². The lowest BCUT2D eigenvalue weighted by molar-refractivity contribution is 0.467. The van der Waals surface area contributed by atoms with Crippen LogP contribution in [0.3, 0.4) is 0 Å². The van der Waals surface area contributed by atoms with Crippen molar-refractivity contribution in [2.75, 3.05) is 5.32 Å². The smallest absolute Gasteiger partial charge is 0.123 e. The van der Waals surface area contributed by atoms with E-state index in [1.165, 1.54) is 0 Å². The molecule has 0 aliphatic carbocycles. The molecule has 19 heavy (non-hydrogen) atoms. The summed E-state index contributed by atoms with van der Waals surface area (Å²) >= 11 is 0. The second-order valence-corrected chi connectivity index (χ2v) is 5.14. The van der Waals surface area contributed by atoms with E-state index in [1.807, 2.05) is 39.8 Å². The summed E-state index contributed by atoms with van der Waals surface area (Å²) in [6.45, 7) is 9.84. The molecule has 3 nitrogen and oxygen atoms in total. The highest BCUT2D eigenvalue weighted by Gasteiger charge is 2.14. The highest BCUT2D eigenvalue weighted by atomic mass is 16.3. The molecule has 0 fully saturated rings. The van der Waals surface area contributed by atoms with E-state index in [0.29, 0.717) is 5.75 Å². The Morgan fingerprint density at radius 1 is 1.16 bits per heavy atom. The molecule has 0 spiro atoms. The molecule has 0 bridgehead atoms. The number of furan rings is 1. The molecule has 102 valence electrons. The van der Waals surface area contributed by atoms with Crippen LogP contribution < -0.4 is 5.32 Å². The summed E-state index contributed by atoms with van der Waals surface area (Å²) in [7, 11) is 0. The maximum atomic E-state index is 9.97. The number of benzene rings is 1. The predicted molar refractivity (Wildman–Crippen MR) is 77.8 cm³/mol. The fraction of sp³-hybridized carbons (Fsp3) is 0.375. The molecule has 0 aliphatic heterocycles. The SMILES string of the molecule is Cc1cc(C(C)Nc2ccc(C)c(O)c2C)c(C)o1. The van der Waals surface area contributed by atoms with Crippen LogP contribution in [0.25, 0.3) is 0 Å². The van der Waals surface area contributed by atoms with Crippen molar-refractivity contribution in [1.29, 1.82) is 0 Å². The first kappa shape index (κ1) is 13.5. The molecule has 0 saturated carbocycles. The molecule has 0 radical (unpaired) electrons. The third-order valence-corrected chi connectivity index (χ3v) is 3.55. The number of aromatic hydroxyl groups is 1. The van der Waals surface area contributed by atoms with Gasteiger partial charge < -0.3 is 14.8 Å². The first-order valence-electron chi connectivity index (χ1n) is 6.52. The van der Waals surface area contributed by atoms with Crippen LogP contribution in [0.2, 0.25) is 0 Å². The Morgan fingerprint density at radius 2 is 1.84 bits per heavy atom. The van der Waals surface area contributed by atoms with Gasteiger partial charge in [0, 0.05) is 16.8 Å². The molecule has 1 aromatic heterocycles. The zero-order valence-corrected chi connectivity index (χ0v) is 12.2. The summed E-state index contributed by atoms with van der Waals surface area (Å²) in [5.41, 5.74) is 3.88. The third kappa shape index (κ3) is 2.60. The summed E-state index contributed by atoms with van der Waals surface area (Å²) < 4.78 is 5.56. The number of aryl methyl sites for hydroxylation is 3. The van der Waals surface area contributed by atoms with E-state index in [9.17, 15) is 5.11 Å². The Labute approximate surface area is 114 Å². The number of rotatable bonds is 3. The first-order valence-corrected chi connectivity index (χ1v) is 6.52. The van der Waals surface area contributed by atoms with Crippen LogP contribution in [0.4, 0.5) is 5.69 Å². The van der Waals surface area contributed by atoms with Gasteiger partial charge in [0.1, 0.15) is 17.3 Å². The van der Waals surface area contributed by atoms with Crippen LogP contribution in [-0.2, 0) is 0 Å². The van der Waals surface area contributed by atoms with E-state index in [1.54, 1.807) is 0 Å². The van der Waals surface area contributed by atoms with Gasteiger partial charge in [-0.3, -0.25) is 0 Å². The van der Waals surface area contributed by atoms with E-state index in [4.69, 9.17) is 4.42 Å². The Hall–Kier alpha value is -1.90. The van der Waals surface area contributed by atoms with E-state index in [-0.39, 0.29) is 6.04 Å². The molecule has 3 heteroatoms.